The van der Waals surface area contributed by atoms with Gasteiger partial charge in [-0.1, -0.05) is 18.2 Å². The number of rotatable bonds is 2. The highest BCUT2D eigenvalue weighted by Gasteiger charge is 2.37. The summed E-state index contributed by atoms with van der Waals surface area (Å²) in [5, 5.41) is 0. The molecule has 0 spiro atoms. The lowest BCUT2D eigenvalue weighted by atomic mass is 10.2. The fourth-order valence-corrected chi connectivity index (χ4v) is 3.09. The molecule has 0 aliphatic carbocycles. The monoisotopic (exact) mass is 370 g/mol. The second kappa shape index (κ2) is 6.76. The SMILES string of the molecule is CN(C(=O)Oc1c2n(ccc1=O)N[C@@H]1COCCN1C2=O)c1ccccc1. The van der Waals surface area contributed by atoms with E-state index in [1.54, 1.807) is 29.2 Å². The average molecular weight is 370 g/mol. The molecular weight excluding hydrogens is 352 g/mol. The van der Waals surface area contributed by atoms with Crippen LogP contribution in [0.3, 0.4) is 0 Å². The van der Waals surface area contributed by atoms with E-state index in [4.69, 9.17) is 9.47 Å². The zero-order chi connectivity index (χ0) is 19.0. The van der Waals surface area contributed by atoms with E-state index >= 15 is 0 Å². The van der Waals surface area contributed by atoms with Gasteiger partial charge in [0, 0.05) is 31.5 Å². The number of nitrogens with zero attached hydrogens (tertiary/aromatic N) is 3. The number of amides is 2. The van der Waals surface area contributed by atoms with Gasteiger partial charge in [0.15, 0.2) is 5.69 Å². The second-order valence-corrected chi connectivity index (χ2v) is 6.21. The van der Waals surface area contributed by atoms with E-state index in [0.29, 0.717) is 25.4 Å². The lowest BCUT2D eigenvalue weighted by Gasteiger charge is -2.41. The number of para-hydroxylation sites is 1. The van der Waals surface area contributed by atoms with E-state index in [9.17, 15) is 14.4 Å². The molecule has 140 valence electrons. The summed E-state index contributed by atoms with van der Waals surface area (Å²) in [6.45, 7) is 1.13. The van der Waals surface area contributed by atoms with Gasteiger partial charge in [-0.05, 0) is 12.1 Å². The largest absolute Gasteiger partial charge is 0.419 e. The third-order valence-electron chi connectivity index (χ3n) is 4.54. The molecule has 0 radical (unpaired) electrons. The fraction of sp³-hybridized carbons (Fsp3) is 0.278. The Hall–Kier alpha value is -3.33. The minimum Gasteiger partial charge on any atom is -0.403 e. The van der Waals surface area contributed by atoms with Crippen LogP contribution in [0.5, 0.6) is 5.75 Å². The van der Waals surface area contributed by atoms with Crippen LogP contribution in [-0.2, 0) is 4.74 Å². The maximum Gasteiger partial charge on any atom is 0.419 e. The van der Waals surface area contributed by atoms with Gasteiger partial charge in [-0.15, -0.1) is 0 Å². The maximum absolute atomic E-state index is 12.9. The van der Waals surface area contributed by atoms with Gasteiger partial charge in [0.1, 0.15) is 6.17 Å². The minimum absolute atomic E-state index is 0.00420. The van der Waals surface area contributed by atoms with Crippen molar-refractivity contribution in [3.05, 3.63) is 58.5 Å². The summed E-state index contributed by atoms with van der Waals surface area (Å²) in [5.74, 6) is -0.683. The number of carbonyl (C=O) groups is 2. The molecule has 0 bridgehead atoms. The Bertz CT molecular complexity index is 943. The number of anilines is 1. The summed E-state index contributed by atoms with van der Waals surface area (Å²) in [4.78, 5) is 40.6. The highest BCUT2D eigenvalue weighted by atomic mass is 16.6. The number of benzene rings is 1. The molecule has 3 heterocycles. The minimum atomic E-state index is -0.760. The molecule has 9 nitrogen and oxygen atoms in total. The quantitative estimate of drug-likeness (QED) is 0.842. The topological polar surface area (TPSA) is 93.1 Å². The highest BCUT2D eigenvalue weighted by Crippen LogP contribution is 2.23. The third-order valence-corrected chi connectivity index (χ3v) is 4.54. The summed E-state index contributed by atoms with van der Waals surface area (Å²) in [5.41, 5.74) is 3.14. The molecule has 0 saturated carbocycles. The van der Waals surface area contributed by atoms with Crippen molar-refractivity contribution in [3.63, 3.8) is 0 Å². The van der Waals surface area contributed by atoms with Crippen molar-refractivity contribution in [1.82, 2.24) is 9.58 Å². The van der Waals surface area contributed by atoms with Crippen LogP contribution >= 0.6 is 0 Å². The second-order valence-electron chi connectivity index (χ2n) is 6.21. The van der Waals surface area contributed by atoms with Crippen LogP contribution < -0.4 is 20.5 Å². The Morgan fingerprint density at radius 2 is 2.04 bits per heavy atom. The summed E-state index contributed by atoms with van der Waals surface area (Å²) < 4.78 is 12.1. The molecule has 2 aliphatic rings. The Morgan fingerprint density at radius 1 is 1.26 bits per heavy atom. The number of morpholine rings is 1. The van der Waals surface area contributed by atoms with Gasteiger partial charge in [-0.25, -0.2) is 4.79 Å². The number of aromatic nitrogens is 1. The smallest absolute Gasteiger partial charge is 0.403 e. The number of hydrogen-bond donors (Lipinski definition) is 1. The van der Waals surface area contributed by atoms with Crippen LogP contribution in [0.1, 0.15) is 10.5 Å². The summed E-state index contributed by atoms with van der Waals surface area (Å²) in [7, 11) is 1.53. The first-order valence-corrected chi connectivity index (χ1v) is 8.48. The standard InChI is InChI=1S/C18H18N4O5/c1-20(12-5-3-2-4-6-12)18(25)27-16-13(23)7-8-22-15(16)17(24)21-9-10-26-11-14(21)19-22/h2-8,14,19H,9-11H2,1H3/t14-/m0/s1. The third kappa shape index (κ3) is 3.02. The van der Waals surface area contributed by atoms with E-state index in [0.717, 1.165) is 0 Å². The number of pyridine rings is 1. The van der Waals surface area contributed by atoms with Crippen molar-refractivity contribution in [2.75, 3.05) is 37.1 Å². The van der Waals surface area contributed by atoms with Gasteiger partial charge in [0.2, 0.25) is 11.2 Å². The first-order valence-electron chi connectivity index (χ1n) is 8.48. The van der Waals surface area contributed by atoms with Gasteiger partial charge in [-0.2, -0.15) is 0 Å². The zero-order valence-corrected chi connectivity index (χ0v) is 14.6. The predicted octanol–water partition coefficient (Wildman–Crippen LogP) is 0.839. The van der Waals surface area contributed by atoms with Crippen LogP contribution in [-0.4, -0.2) is 54.5 Å². The van der Waals surface area contributed by atoms with Crippen molar-refractivity contribution in [2.24, 2.45) is 0 Å². The molecule has 1 aromatic heterocycles. The Morgan fingerprint density at radius 3 is 2.81 bits per heavy atom. The average Bonchev–Trinajstić information content (AvgIpc) is 2.70. The van der Waals surface area contributed by atoms with Crippen molar-refractivity contribution < 1.29 is 19.1 Å². The van der Waals surface area contributed by atoms with Gasteiger partial charge in [0.05, 0.1) is 13.2 Å². The highest BCUT2D eigenvalue weighted by molar-refractivity contribution is 5.98. The molecule has 1 N–H and O–H groups in total. The first kappa shape index (κ1) is 17.1. The molecular formula is C18H18N4O5. The van der Waals surface area contributed by atoms with E-state index in [2.05, 4.69) is 5.43 Å². The van der Waals surface area contributed by atoms with Crippen LogP contribution in [0, 0.1) is 0 Å². The molecule has 2 aliphatic heterocycles. The number of carbonyl (C=O) groups excluding carboxylic acids is 2. The van der Waals surface area contributed by atoms with Gasteiger partial charge in [-0.3, -0.25) is 19.2 Å². The molecule has 1 atom stereocenters. The van der Waals surface area contributed by atoms with E-state index in [-0.39, 0.29) is 23.5 Å². The summed E-state index contributed by atoms with van der Waals surface area (Å²) in [6, 6.07) is 10.1. The Balaban J connectivity index is 1.67. The van der Waals surface area contributed by atoms with Crippen molar-refractivity contribution >= 4 is 17.7 Å². The lowest BCUT2D eigenvalue weighted by molar-refractivity contribution is -0.00309. The molecule has 9 heteroatoms. The molecule has 1 saturated heterocycles. The number of ether oxygens (including phenoxy) is 2. The summed E-state index contributed by atoms with van der Waals surface area (Å²) >= 11 is 0. The van der Waals surface area contributed by atoms with Gasteiger partial charge in [0.25, 0.3) is 5.91 Å². The molecule has 2 amide bonds. The molecule has 0 unspecified atom stereocenters. The van der Waals surface area contributed by atoms with Crippen LogP contribution in [0.2, 0.25) is 0 Å². The van der Waals surface area contributed by atoms with E-state index in [1.165, 1.54) is 28.9 Å². The number of fused-ring (bicyclic) bond motifs is 2. The molecule has 1 fully saturated rings. The number of nitrogens with one attached hydrogen (secondary N) is 1. The van der Waals surface area contributed by atoms with Gasteiger partial charge < -0.3 is 19.8 Å². The maximum atomic E-state index is 12.9. The van der Waals surface area contributed by atoms with Gasteiger partial charge >= 0.3 is 6.09 Å². The predicted molar refractivity (Wildman–Crippen MR) is 96.6 cm³/mol. The molecule has 1 aromatic carbocycles. The molecule has 27 heavy (non-hydrogen) atoms. The summed E-state index contributed by atoms with van der Waals surface area (Å²) in [6.07, 6.45) is 0.348. The normalized spacial score (nSPS) is 18.2. The van der Waals surface area contributed by atoms with Crippen LogP contribution in [0.4, 0.5) is 10.5 Å². The number of hydrogen-bond acceptors (Lipinski definition) is 6. The Labute approximate surface area is 154 Å². The zero-order valence-electron chi connectivity index (χ0n) is 14.6. The van der Waals surface area contributed by atoms with Crippen LogP contribution in [0.15, 0.2) is 47.4 Å². The Kier molecular flexibility index (Phi) is 4.28. The fourth-order valence-electron chi connectivity index (χ4n) is 3.09. The first-order chi connectivity index (χ1) is 13.1. The van der Waals surface area contributed by atoms with Crippen molar-refractivity contribution in [1.29, 1.82) is 0 Å². The lowest BCUT2D eigenvalue weighted by Crippen LogP contribution is -2.59. The van der Waals surface area contributed by atoms with Crippen molar-refractivity contribution in [2.45, 2.75) is 6.17 Å². The molecule has 2 aromatic rings. The molecule has 4 rings (SSSR count). The van der Waals surface area contributed by atoms with E-state index < -0.39 is 11.5 Å². The van der Waals surface area contributed by atoms with Crippen LogP contribution in [0.25, 0.3) is 0 Å². The van der Waals surface area contributed by atoms with Crippen molar-refractivity contribution in [3.8, 4) is 5.75 Å². The van der Waals surface area contributed by atoms with E-state index in [1.807, 2.05) is 6.07 Å².